The van der Waals surface area contributed by atoms with Crippen LogP contribution in [0.3, 0.4) is 0 Å². The Morgan fingerprint density at radius 2 is 1.79 bits per heavy atom. The van der Waals surface area contributed by atoms with Crippen molar-refractivity contribution >= 4 is 32.5 Å². The number of sulfonamides is 1. The highest BCUT2D eigenvalue weighted by molar-refractivity contribution is 7.92. The third-order valence-corrected chi connectivity index (χ3v) is 6.66. The number of fused-ring (bicyclic) bond motifs is 3. The number of Topliss-reactive ketones (excluding diaryl/α,β-unsaturated/α-hetero) is 1. The second-order valence-electron chi connectivity index (χ2n) is 8.29. The number of nitrogens with one attached hydrogen (secondary N) is 1. The summed E-state index contributed by atoms with van der Waals surface area (Å²) in [6, 6.07) is 9.64. The number of furan rings is 1. The van der Waals surface area contributed by atoms with E-state index in [2.05, 4.69) is 4.72 Å². The van der Waals surface area contributed by atoms with Crippen LogP contribution in [0.5, 0.6) is 5.75 Å². The van der Waals surface area contributed by atoms with Crippen LogP contribution in [-0.2, 0) is 16.4 Å². The number of anilines is 1. The quantitative estimate of drug-likeness (QED) is 0.670. The lowest BCUT2D eigenvalue weighted by atomic mass is 9.76. The number of ketones is 1. The molecule has 1 aromatic heterocycles. The maximum Gasteiger partial charge on any atom is 0.261 e. The molecule has 1 heterocycles. The van der Waals surface area contributed by atoms with Crippen molar-refractivity contribution in [3.63, 3.8) is 0 Å². The van der Waals surface area contributed by atoms with E-state index in [9.17, 15) is 13.2 Å². The molecule has 0 bridgehead atoms. The molecule has 6 nitrogen and oxygen atoms in total. The molecule has 7 heteroatoms. The average molecular weight is 413 g/mol. The number of rotatable bonds is 4. The number of carbonyl (C=O) groups excluding carboxylic acids is 1. The van der Waals surface area contributed by atoms with Gasteiger partial charge in [-0.25, -0.2) is 8.42 Å². The van der Waals surface area contributed by atoms with Crippen LogP contribution in [0.1, 0.15) is 41.9 Å². The van der Waals surface area contributed by atoms with E-state index in [1.165, 1.54) is 19.2 Å². The molecule has 3 aromatic rings. The molecule has 0 aliphatic heterocycles. The van der Waals surface area contributed by atoms with Crippen LogP contribution < -0.4 is 9.46 Å². The van der Waals surface area contributed by atoms with Gasteiger partial charge in [-0.15, -0.1) is 0 Å². The summed E-state index contributed by atoms with van der Waals surface area (Å²) in [7, 11) is -2.26. The van der Waals surface area contributed by atoms with Gasteiger partial charge in [0.15, 0.2) is 5.78 Å². The SMILES string of the molecule is COc1ccc(S(=O)(=O)Nc2cc3c4c(oc3cc2C)CC(C)(C)CC4=O)cc1. The second kappa shape index (κ2) is 6.62. The first-order chi connectivity index (χ1) is 13.6. The van der Waals surface area contributed by atoms with Crippen LogP contribution in [0.15, 0.2) is 45.7 Å². The molecule has 0 spiro atoms. The van der Waals surface area contributed by atoms with Gasteiger partial charge in [0.05, 0.1) is 23.3 Å². The predicted molar refractivity (Wildman–Crippen MR) is 111 cm³/mol. The van der Waals surface area contributed by atoms with Crippen LogP contribution in [0.4, 0.5) is 5.69 Å². The van der Waals surface area contributed by atoms with E-state index in [4.69, 9.17) is 9.15 Å². The Hall–Kier alpha value is -2.80. The summed E-state index contributed by atoms with van der Waals surface area (Å²) < 4.78 is 39.3. The van der Waals surface area contributed by atoms with Crippen LogP contribution >= 0.6 is 0 Å². The topological polar surface area (TPSA) is 85.6 Å². The smallest absolute Gasteiger partial charge is 0.261 e. The molecule has 0 unspecified atom stereocenters. The molecule has 0 saturated heterocycles. The van der Waals surface area contributed by atoms with E-state index in [-0.39, 0.29) is 16.1 Å². The Kier molecular flexibility index (Phi) is 4.46. The Morgan fingerprint density at radius 3 is 2.45 bits per heavy atom. The minimum atomic E-state index is -3.79. The normalized spacial score (nSPS) is 15.9. The molecule has 0 radical (unpaired) electrons. The van der Waals surface area contributed by atoms with Crippen molar-refractivity contribution in [1.29, 1.82) is 0 Å². The first-order valence-corrected chi connectivity index (χ1v) is 10.8. The van der Waals surface area contributed by atoms with Crippen molar-refractivity contribution in [3.8, 4) is 5.75 Å². The first kappa shape index (κ1) is 19.5. The van der Waals surface area contributed by atoms with Gasteiger partial charge in [0.1, 0.15) is 17.1 Å². The van der Waals surface area contributed by atoms with Crippen molar-refractivity contribution in [2.45, 2.75) is 38.5 Å². The molecule has 0 amide bonds. The molecule has 29 heavy (non-hydrogen) atoms. The van der Waals surface area contributed by atoms with E-state index in [1.807, 2.05) is 13.8 Å². The number of carbonyl (C=O) groups is 1. The van der Waals surface area contributed by atoms with Crippen LogP contribution in [-0.4, -0.2) is 21.3 Å². The van der Waals surface area contributed by atoms with Gasteiger partial charge in [0.25, 0.3) is 10.0 Å². The first-order valence-electron chi connectivity index (χ1n) is 9.36. The lowest BCUT2D eigenvalue weighted by Crippen LogP contribution is -2.25. The van der Waals surface area contributed by atoms with Crippen LogP contribution in [0.25, 0.3) is 11.0 Å². The largest absolute Gasteiger partial charge is 0.497 e. The highest BCUT2D eigenvalue weighted by Gasteiger charge is 2.35. The molecular formula is C22H23NO5S. The van der Waals surface area contributed by atoms with Gasteiger partial charge in [0, 0.05) is 18.2 Å². The summed E-state index contributed by atoms with van der Waals surface area (Å²) in [5.74, 6) is 1.28. The summed E-state index contributed by atoms with van der Waals surface area (Å²) in [4.78, 5) is 12.9. The zero-order valence-electron chi connectivity index (χ0n) is 16.8. The summed E-state index contributed by atoms with van der Waals surface area (Å²) >= 11 is 0. The predicted octanol–water partition coefficient (Wildman–Crippen LogP) is 4.71. The van der Waals surface area contributed by atoms with Crippen molar-refractivity contribution < 1.29 is 22.4 Å². The van der Waals surface area contributed by atoms with Crippen LogP contribution in [0.2, 0.25) is 0 Å². The maximum atomic E-state index is 12.8. The van der Waals surface area contributed by atoms with Gasteiger partial charge in [-0.2, -0.15) is 0 Å². The number of methoxy groups -OCH3 is 1. The molecule has 0 atom stereocenters. The van der Waals surface area contributed by atoms with Crippen LogP contribution in [0, 0.1) is 12.3 Å². The van der Waals surface area contributed by atoms with Gasteiger partial charge in [0.2, 0.25) is 0 Å². The number of hydrogen-bond acceptors (Lipinski definition) is 5. The van der Waals surface area contributed by atoms with Crippen molar-refractivity contribution in [2.75, 3.05) is 11.8 Å². The Balaban J connectivity index is 1.75. The van der Waals surface area contributed by atoms with Gasteiger partial charge in [-0.05, 0) is 54.3 Å². The summed E-state index contributed by atoms with van der Waals surface area (Å²) in [6.07, 6.45) is 1.12. The summed E-state index contributed by atoms with van der Waals surface area (Å²) in [5.41, 5.74) is 2.17. The van der Waals surface area contributed by atoms with Gasteiger partial charge < -0.3 is 9.15 Å². The van der Waals surface area contributed by atoms with Crippen molar-refractivity contribution in [3.05, 3.63) is 53.3 Å². The van der Waals surface area contributed by atoms with Gasteiger partial charge in [-0.3, -0.25) is 9.52 Å². The summed E-state index contributed by atoms with van der Waals surface area (Å²) in [5, 5.41) is 0.651. The molecule has 4 rings (SSSR count). The number of benzene rings is 2. The fourth-order valence-electron chi connectivity index (χ4n) is 3.81. The maximum absolute atomic E-state index is 12.8. The fraction of sp³-hybridized carbons (Fsp3) is 0.318. The molecule has 0 fully saturated rings. The third-order valence-electron chi connectivity index (χ3n) is 5.28. The van der Waals surface area contributed by atoms with E-state index >= 15 is 0 Å². The lowest BCUT2D eigenvalue weighted by molar-refractivity contribution is 0.0906. The van der Waals surface area contributed by atoms with Gasteiger partial charge in [-0.1, -0.05) is 13.8 Å². The van der Waals surface area contributed by atoms with Crippen molar-refractivity contribution in [2.24, 2.45) is 5.41 Å². The van der Waals surface area contributed by atoms with Crippen molar-refractivity contribution in [1.82, 2.24) is 0 Å². The molecule has 1 N–H and O–H groups in total. The zero-order valence-corrected chi connectivity index (χ0v) is 17.6. The van der Waals surface area contributed by atoms with E-state index < -0.39 is 10.0 Å². The van der Waals surface area contributed by atoms with Gasteiger partial charge >= 0.3 is 0 Å². The zero-order chi connectivity index (χ0) is 21.0. The summed E-state index contributed by atoms with van der Waals surface area (Å²) in [6.45, 7) is 5.89. The Bertz CT molecular complexity index is 1220. The standard InChI is InChI=1S/C22H23NO5S/c1-13-9-19-16(21-18(24)11-22(2,3)12-20(21)28-19)10-17(13)23-29(25,26)15-7-5-14(27-4)6-8-15/h5-10,23H,11-12H2,1-4H3. The molecule has 1 aliphatic rings. The second-order valence-corrected chi connectivity index (χ2v) is 9.97. The molecule has 2 aromatic carbocycles. The Labute approximate surface area is 169 Å². The fourth-order valence-corrected chi connectivity index (χ4v) is 4.94. The number of aryl methyl sites for hydroxylation is 1. The monoisotopic (exact) mass is 413 g/mol. The molecule has 152 valence electrons. The highest BCUT2D eigenvalue weighted by atomic mass is 32.2. The minimum absolute atomic E-state index is 0.0304. The number of hydrogen-bond donors (Lipinski definition) is 1. The lowest BCUT2D eigenvalue weighted by Gasteiger charge is -2.27. The third kappa shape index (κ3) is 3.51. The highest BCUT2D eigenvalue weighted by Crippen LogP contribution is 2.41. The van der Waals surface area contributed by atoms with E-state index in [0.717, 1.165) is 0 Å². The number of ether oxygens (including phenoxy) is 1. The minimum Gasteiger partial charge on any atom is -0.497 e. The molecular weight excluding hydrogens is 390 g/mol. The van der Waals surface area contributed by atoms with E-state index in [0.29, 0.717) is 52.1 Å². The Morgan fingerprint density at radius 1 is 1.10 bits per heavy atom. The molecule has 1 aliphatic carbocycles. The molecule has 0 saturated carbocycles. The van der Waals surface area contributed by atoms with E-state index in [1.54, 1.807) is 31.2 Å². The average Bonchev–Trinajstić information content (AvgIpc) is 2.97.